The number of nitrogens with two attached hydrogens (primary N) is 1. The lowest BCUT2D eigenvalue weighted by Crippen LogP contribution is -2.51. The zero-order valence-electron chi connectivity index (χ0n) is 42.4. The van der Waals surface area contributed by atoms with E-state index in [2.05, 4.69) is 40.5 Å². The van der Waals surface area contributed by atoms with Crippen LogP contribution in [0.1, 0.15) is 155 Å². The highest BCUT2D eigenvalue weighted by Gasteiger charge is 2.45. The van der Waals surface area contributed by atoms with Gasteiger partial charge in [0.2, 0.25) is 0 Å². The number of carbonyl (C=O) groups is 3. The number of hydrogen-bond donors (Lipinski definition) is 7. The van der Waals surface area contributed by atoms with E-state index in [0.717, 1.165) is 68.6 Å². The second-order valence-corrected chi connectivity index (χ2v) is 21.5. The summed E-state index contributed by atoms with van der Waals surface area (Å²) in [5, 5.41) is 45.6. The molecule has 0 aliphatic carbocycles. The summed E-state index contributed by atoms with van der Waals surface area (Å²) in [5.74, 6) is -5.23. The lowest BCUT2D eigenvalue weighted by atomic mass is 9.83. The number of anilines is 1. The maximum Gasteiger partial charge on any atom is 0.481 e. The number of cyclic esters (lactones) is 1. The third kappa shape index (κ3) is 25.6. The predicted octanol–water partition coefficient (Wildman–Crippen LogP) is 7.14. The van der Waals surface area contributed by atoms with Crippen molar-refractivity contribution in [2.24, 2.45) is 11.8 Å². The van der Waals surface area contributed by atoms with Crippen LogP contribution in [-0.4, -0.2) is 114 Å². The molecule has 0 aromatic carbocycles. The number of Topliss-reactive ketones (excluding diaryl/α,β-unsaturated/α-hetero) is 1. The van der Waals surface area contributed by atoms with E-state index in [-0.39, 0.29) is 37.9 Å². The summed E-state index contributed by atoms with van der Waals surface area (Å²) in [6, 6.07) is 1.23. The average molecular weight is 1070 g/mol. The summed E-state index contributed by atoms with van der Waals surface area (Å²) in [4.78, 5) is 78.0. The molecule has 414 valence electrons. The van der Waals surface area contributed by atoms with Crippen molar-refractivity contribution < 1.29 is 81.3 Å². The number of carbonyl (C=O) groups excluding carboxylic acids is 3. The summed E-state index contributed by atoms with van der Waals surface area (Å²) >= 11 is 0. The summed E-state index contributed by atoms with van der Waals surface area (Å²) in [5.41, 5.74) is 4.74. The number of aliphatic hydroxyl groups excluding tert-OH is 4. The Kier molecular flexibility index (Phi) is 30.3. The molecule has 73 heavy (non-hydrogen) atoms. The number of nitrogen functional groups attached to an aromatic ring is 1. The first-order chi connectivity index (χ1) is 34.9. The monoisotopic (exact) mass is 1070 g/mol. The van der Waals surface area contributed by atoms with Gasteiger partial charge < -0.3 is 50.2 Å². The standard InChI is InChI=1S/C50H81N3O18P2/c1-3-5-7-8-9-10-11-12-13-14-15-16-17-18-23-27-45(57)66-34-38-35-67-72(62,63)71-73(64,65)68-36-43-48(60)47(59)39(30-29-37(54)25-21-6-4-2)41(55)33-42(56)40(26-22-19-20-24-28-46(58)69-38)49(70-43)53-32-31-44(51)52-50(53)61/h9-10,12-13,19,22,29-32,37-40,42-43,47-49,54,56,59-60H,3-8,11,14-18,20-21,23-28,33-36H2,1-2H3,(H,62,63)(H,64,65)(H2,51,52,61)/b10-9-,13-12-,22-19?,30-29+/t37-,38+,39-,40-,42-,43+,47-,48+,49+/m0/s1. The zero-order chi connectivity index (χ0) is 53.7. The van der Waals surface area contributed by atoms with Gasteiger partial charge in [0, 0.05) is 31.4 Å². The molecule has 3 heterocycles. The van der Waals surface area contributed by atoms with Gasteiger partial charge in [-0.05, 0) is 70.3 Å². The Hall–Kier alpha value is -3.69. The minimum atomic E-state index is -5.72. The van der Waals surface area contributed by atoms with Crippen molar-refractivity contribution in [2.75, 3.05) is 25.6 Å². The topological polar surface area (TPSA) is 323 Å². The largest absolute Gasteiger partial charge is 0.481 e. The second kappa shape index (κ2) is 34.8. The van der Waals surface area contributed by atoms with E-state index in [0.29, 0.717) is 19.3 Å². The van der Waals surface area contributed by atoms with Gasteiger partial charge in [0.05, 0.1) is 37.4 Å². The van der Waals surface area contributed by atoms with E-state index in [1.165, 1.54) is 37.5 Å². The van der Waals surface area contributed by atoms with Crippen molar-refractivity contribution in [1.29, 1.82) is 0 Å². The molecule has 2 bridgehead atoms. The molecule has 2 unspecified atom stereocenters. The highest BCUT2D eigenvalue weighted by atomic mass is 31.3. The second-order valence-electron chi connectivity index (χ2n) is 18.4. The number of aromatic nitrogens is 2. The van der Waals surface area contributed by atoms with E-state index in [1.54, 1.807) is 12.2 Å². The van der Waals surface area contributed by atoms with Crippen molar-refractivity contribution >= 4 is 39.2 Å². The maximum absolute atomic E-state index is 13.9. The molecule has 0 spiro atoms. The predicted molar refractivity (Wildman–Crippen MR) is 271 cm³/mol. The fraction of sp³-hybridized carbons (Fsp3) is 0.700. The Balaban J connectivity index is 1.79. The van der Waals surface area contributed by atoms with E-state index in [1.807, 2.05) is 6.92 Å². The number of nitrogens with zero attached hydrogens (tertiary/aromatic N) is 2. The first kappa shape index (κ1) is 63.6. The minimum Gasteiger partial charge on any atom is -0.462 e. The zero-order valence-corrected chi connectivity index (χ0v) is 44.2. The van der Waals surface area contributed by atoms with Crippen molar-refractivity contribution in [3.8, 4) is 0 Å². The number of aliphatic hydroxyl groups is 4. The van der Waals surface area contributed by atoms with Gasteiger partial charge in [-0.15, -0.1) is 0 Å². The van der Waals surface area contributed by atoms with Crippen molar-refractivity contribution in [1.82, 2.24) is 9.55 Å². The van der Waals surface area contributed by atoms with Crippen LogP contribution in [0.15, 0.2) is 65.7 Å². The van der Waals surface area contributed by atoms with Gasteiger partial charge in [0.1, 0.15) is 36.6 Å². The van der Waals surface area contributed by atoms with Gasteiger partial charge in [-0.1, -0.05) is 114 Å². The smallest absolute Gasteiger partial charge is 0.462 e. The lowest BCUT2D eigenvalue weighted by Gasteiger charge is -2.39. The molecule has 2 aliphatic rings. The van der Waals surface area contributed by atoms with Crippen LogP contribution in [0.5, 0.6) is 0 Å². The van der Waals surface area contributed by atoms with Gasteiger partial charge in [-0.2, -0.15) is 9.29 Å². The van der Waals surface area contributed by atoms with Gasteiger partial charge in [-0.25, -0.2) is 13.9 Å². The van der Waals surface area contributed by atoms with Crippen LogP contribution < -0.4 is 11.4 Å². The number of phosphoric acid groups is 2. The molecule has 1 aromatic heterocycles. The van der Waals surface area contributed by atoms with Crippen LogP contribution >= 0.6 is 15.6 Å². The van der Waals surface area contributed by atoms with Crippen LogP contribution in [-0.2, 0) is 51.1 Å². The molecule has 1 fully saturated rings. The maximum atomic E-state index is 13.9. The van der Waals surface area contributed by atoms with Crippen LogP contribution in [0.3, 0.4) is 0 Å². The Morgan fingerprint density at radius 2 is 1.55 bits per heavy atom. The first-order valence-electron chi connectivity index (χ1n) is 25.8. The fourth-order valence-electron chi connectivity index (χ4n) is 8.10. The normalized spacial score (nSPS) is 29.2. The average Bonchev–Trinajstić information content (AvgIpc) is 3.33. The quantitative estimate of drug-likeness (QED) is 0.0248. The third-order valence-corrected chi connectivity index (χ3v) is 14.8. The van der Waals surface area contributed by atoms with Gasteiger partial charge >= 0.3 is 33.3 Å². The summed E-state index contributed by atoms with van der Waals surface area (Å²) in [7, 11) is -11.3. The number of esters is 2. The molecule has 0 saturated carbocycles. The van der Waals surface area contributed by atoms with Gasteiger partial charge in [-0.3, -0.25) is 28.0 Å². The third-order valence-electron chi connectivity index (χ3n) is 12.2. The van der Waals surface area contributed by atoms with Crippen LogP contribution in [0, 0.1) is 11.8 Å². The SMILES string of the molecule is CCCCC/C=C\C/C=C\CCCCCCCC(=O)OC[C@@H]1COP(=O)(O)OP(=O)(O)OC[C@H]2O[C@@H](n3ccc(N)nc3=O)[C@@H](CC=CCCCC(=O)O1)[C@@H](O)CC(=O)[C@H](/C=C/[C@@H](O)CCCCC)[C@H](O)[C@@H]2O. The number of fused-ring (bicyclic) bond motifs is 3. The molecule has 23 heteroatoms. The number of unbranched alkanes of at least 4 members (excludes halogenated alkanes) is 10. The Morgan fingerprint density at radius 3 is 2.25 bits per heavy atom. The first-order valence-corrected chi connectivity index (χ1v) is 28.7. The minimum absolute atomic E-state index is 0.0591. The number of hydrogen-bond acceptors (Lipinski definition) is 18. The molecule has 1 aromatic rings. The Bertz CT molecular complexity index is 2080. The fourth-order valence-corrected chi connectivity index (χ4v) is 10.2. The summed E-state index contributed by atoms with van der Waals surface area (Å²) < 4.78 is 58.8. The number of allylic oxidation sites excluding steroid dienone is 6. The van der Waals surface area contributed by atoms with Gasteiger partial charge in [0.25, 0.3) is 0 Å². The van der Waals surface area contributed by atoms with Crippen LogP contribution in [0.4, 0.5) is 5.82 Å². The molecule has 1 saturated heterocycles. The molecular weight excluding hydrogens is 993 g/mol. The van der Waals surface area contributed by atoms with E-state index >= 15 is 0 Å². The summed E-state index contributed by atoms with van der Waals surface area (Å²) in [6.07, 6.45) is 16.7. The number of rotatable bonds is 23. The van der Waals surface area contributed by atoms with Crippen LogP contribution in [0.2, 0.25) is 0 Å². The molecule has 8 N–H and O–H groups in total. The van der Waals surface area contributed by atoms with Crippen molar-refractivity contribution in [2.45, 2.75) is 192 Å². The van der Waals surface area contributed by atoms with E-state index < -0.39 is 120 Å². The van der Waals surface area contributed by atoms with Crippen LogP contribution in [0.25, 0.3) is 0 Å². The lowest BCUT2D eigenvalue weighted by molar-refractivity contribution is -0.186. The molecule has 11 atom stereocenters. The highest BCUT2D eigenvalue weighted by Crippen LogP contribution is 2.60. The molecule has 3 rings (SSSR count). The van der Waals surface area contributed by atoms with Crippen molar-refractivity contribution in [3.05, 3.63) is 71.4 Å². The number of ether oxygens (including phenoxy) is 3. The van der Waals surface area contributed by atoms with Crippen molar-refractivity contribution in [3.63, 3.8) is 0 Å². The molecule has 0 amide bonds. The molecule has 2 aliphatic heterocycles. The number of phosphoric ester groups is 2. The Labute approximate surface area is 429 Å². The molecule has 0 radical (unpaired) electrons. The van der Waals surface area contributed by atoms with E-state index in [4.69, 9.17) is 29.0 Å². The summed E-state index contributed by atoms with van der Waals surface area (Å²) in [6.45, 7) is 1.40. The Morgan fingerprint density at radius 1 is 0.890 bits per heavy atom. The number of ketones is 1. The van der Waals surface area contributed by atoms with Gasteiger partial charge in [0.15, 0.2) is 6.10 Å². The molecular formula is C50H81N3O18P2. The molecule has 21 nitrogen and oxygen atoms in total. The highest BCUT2D eigenvalue weighted by molar-refractivity contribution is 7.61. The van der Waals surface area contributed by atoms with E-state index in [9.17, 15) is 58.5 Å².